The molecule has 0 bridgehead atoms. The number of benzene rings is 3. The van der Waals surface area contributed by atoms with Crippen LogP contribution in [0.1, 0.15) is 47.2 Å². The maximum atomic E-state index is 15.4. The molecule has 3 aromatic carbocycles. The van der Waals surface area contributed by atoms with Crippen molar-refractivity contribution in [3.8, 4) is 11.5 Å². The molecule has 2 atom stereocenters. The van der Waals surface area contributed by atoms with Crippen molar-refractivity contribution < 1.29 is 27.1 Å². The number of carbonyl (C=O) groups excluding carboxylic acids is 1. The molecule has 10 nitrogen and oxygen atoms in total. The number of methoxy groups -OCH3 is 2. The summed E-state index contributed by atoms with van der Waals surface area (Å²) in [5.41, 5.74) is 0.435. The van der Waals surface area contributed by atoms with Gasteiger partial charge in [-0.1, -0.05) is 17.7 Å². The lowest BCUT2D eigenvalue weighted by molar-refractivity contribution is -0.127. The zero-order valence-corrected chi connectivity index (χ0v) is 27.4. The smallest absolute Gasteiger partial charge is 0.271 e. The Bertz CT molecular complexity index is 1860. The molecule has 4 aromatic rings. The van der Waals surface area contributed by atoms with E-state index in [1.165, 1.54) is 19.2 Å². The number of amides is 1. The molecule has 3 heterocycles. The topological polar surface area (TPSA) is 105 Å². The molecule has 236 valence electrons. The molecule has 1 aromatic heterocycles. The van der Waals surface area contributed by atoms with Gasteiger partial charge in [-0.05, 0) is 94.0 Å². The van der Waals surface area contributed by atoms with E-state index < -0.39 is 27.5 Å². The van der Waals surface area contributed by atoms with Crippen molar-refractivity contribution in [1.29, 1.82) is 0 Å². The van der Waals surface area contributed by atoms with Gasteiger partial charge in [-0.3, -0.25) is 9.69 Å². The van der Waals surface area contributed by atoms with Crippen molar-refractivity contribution in [2.24, 2.45) is 0 Å². The van der Waals surface area contributed by atoms with Gasteiger partial charge < -0.3 is 18.8 Å². The number of carbonyl (C=O) groups is 1. The third-order valence-corrected chi connectivity index (χ3v) is 10.4. The number of oxazole rings is 1. The molecule has 0 saturated carbocycles. The second kappa shape index (κ2) is 11.8. The van der Waals surface area contributed by atoms with Crippen LogP contribution in [0.2, 0.25) is 5.02 Å². The largest absolute Gasteiger partial charge is 0.497 e. The van der Waals surface area contributed by atoms with E-state index >= 15 is 4.79 Å². The lowest BCUT2D eigenvalue weighted by Crippen LogP contribution is -2.54. The molecule has 45 heavy (non-hydrogen) atoms. The number of nitrogens with zero attached hydrogens (tertiary/aromatic N) is 4. The number of aromatic nitrogens is 1. The minimum absolute atomic E-state index is 0.0528. The van der Waals surface area contributed by atoms with Gasteiger partial charge in [0.25, 0.3) is 15.9 Å². The van der Waals surface area contributed by atoms with Crippen LogP contribution < -0.4 is 13.8 Å². The summed E-state index contributed by atoms with van der Waals surface area (Å²) in [6.45, 7) is 2.86. The summed E-state index contributed by atoms with van der Waals surface area (Å²) in [5.74, 6) is 1.37. The Morgan fingerprint density at radius 1 is 1.04 bits per heavy atom. The maximum Gasteiger partial charge on any atom is 0.271 e. The number of halogens is 1. The Morgan fingerprint density at radius 3 is 2.44 bits per heavy atom. The molecule has 0 radical (unpaired) electrons. The van der Waals surface area contributed by atoms with Crippen LogP contribution in [0.5, 0.6) is 11.5 Å². The first-order chi connectivity index (χ1) is 21.5. The van der Waals surface area contributed by atoms with Crippen LogP contribution >= 0.6 is 11.6 Å². The number of likely N-dealkylation sites (tertiary alicyclic amines) is 1. The predicted octanol–water partition coefficient (Wildman–Crippen LogP) is 5.53. The second-order valence-electron chi connectivity index (χ2n) is 11.6. The number of rotatable bonds is 9. The summed E-state index contributed by atoms with van der Waals surface area (Å²) in [6.07, 6.45) is 3.02. The fraction of sp³-hybridized carbons (Fsp3) is 0.333. The summed E-state index contributed by atoms with van der Waals surface area (Å²) < 4.78 is 47.1. The van der Waals surface area contributed by atoms with Gasteiger partial charge in [0.15, 0.2) is 5.54 Å². The Hall–Kier alpha value is -3.90. The molecule has 0 spiro atoms. The third kappa shape index (κ3) is 5.07. The van der Waals surface area contributed by atoms with Crippen LogP contribution in [-0.2, 0) is 26.9 Å². The number of fused-ring (bicyclic) bond motifs is 1. The van der Waals surface area contributed by atoms with E-state index in [2.05, 4.69) is 4.98 Å². The highest BCUT2D eigenvalue weighted by atomic mass is 35.5. The van der Waals surface area contributed by atoms with E-state index in [1.54, 1.807) is 43.6 Å². The molecular formula is C33H35ClN4O6S. The van der Waals surface area contributed by atoms with Gasteiger partial charge in [-0.2, -0.15) is 0 Å². The summed E-state index contributed by atoms with van der Waals surface area (Å²) in [5, 5.41) is 0.362. The third-order valence-electron chi connectivity index (χ3n) is 8.42. The van der Waals surface area contributed by atoms with Crippen molar-refractivity contribution in [1.82, 2.24) is 14.8 Å². The predicted molar refractivity (Wildman–Crippen MR) is 170 cm³/mol. The average Bonchev–Trinajstić information content (AvgIpc) is 3.73. The molecule has 2 aliphatic rings. The molecule has 2 aliphatic heterocycles. The van der Waals surface area contributed by atoms with E-state index in [9.17, 15) is 8.42 Å². The first kappa shape index (κ1) is 31.1. The summed E-state index contributed by atoms with van der Waals surface area (Å²) in [7, 11) is 2.56. The first-order valence-electron chi connectivity index (χ1n) is 14.6. The van der Waals surface area contributed by atoms with Crippen LogP contribution in [0.25, 0.3) is 0 Å². The molecule has 6 rings (SSSR count). The SMILES string of the molecule is COc1ccc(S(=O)(=O)N2C(=O)C(c3cc(CN(C)C)ccc3OC)(N3CCCC3c3ncc(C)o3)c3cc(Cl)ccc32)cc1. The van der Waals surface area contributed by atoms with Gasteiger partial charge in [0.1, 0.15) is 17.3 Å². The lowest BCUT2D eigenvalue weighted by atomic mass is 9.80. The number of anilines is 1. The van der Waals surface area contributed by atoms with Gasteiger partial charge in [0.2, 0.25) is 5.89 Å². The minimum Gasteiger partial charge on any atom is -0.497 e. The first-order valence-corrected chi connectivity index (χ1v) is 16.4. The van der Waals surface area contributed by atoms with Crippen LogP contribution in [-0.4, -0.2) is 64.0 Å². The Kier molecular flexibility index (Phi) is 8.15. The van der Waals surface area contributed by atoms with Crippen LogP contribution in [0, 0.1) is 6.92 Å². The molecule has 1 saturated heterocycles. The van der Waals surface area contributed by atoms with E-state index in [-0.39, 0.29) is 10.6 Å². The molecule has 1 fully saturated rings. The Balaban J connectivity index is 1.67. The quantitative estimate of drug-likeness (QED) is 0.231. The molecule has 12 heteroatoms. The van der Waals surface area contributed by atoms with E-state index in [1.807, 2.05) is 49.0 Å². The van der Waals surface area contributed by atoms with Crippen molar-refractivity contribution in [3.63, 3.8) is 0 Å². The normalized spacial score (nSPS) is 20.2. The van der Waals surface area contributed by atoms with Crippen LogP contribution in [0.3, 0.4) is 0 Å². The number of ether oxygens (including phenoxy) is 2. The van der Waals surface area contributed by atoms with Crippen LogP contribution in [0.15, 0.2) is 76.2 Å². The number of hydrogen-bond donors (Lipinski definition) is 0. The Labute approximate surface area is 268 Å². The van der Waals surface area contributed by atoms with Crippen LogP contribution in [0.4, 0.5) is 5.69 Å². The lowest BCUT2D eigenvalue weighted by Gasteiger charge is -2.41. The Morgan fingerprint density at radius 2 is 1.80 bits per heavy atom. The molecular weight excluding hydrogens is 616 g/mol. The van der Waals surface area contributed by atoms with E-state index in [0.29, 0.717) is 58.8 Å². The number of sulfonamides is 1. The minimum atomic E-state index is -4.40. The number of aryl methyl sites for hydroxylation is 1. The molecule has 0 aliphatic carbocycles. The zero-order chi connectivity index (χ0) is 32.1. The van der Waals surface area contributed by atoms with Gasteiger partial charge >= 0.3 is 0 Å². The fourth-order valence-corrected chi connectivity index (χ4v) is 8.22. The highest BCUT2D eigenvalue weighted by molar-refractivity contribution is 7.93. The van der Waals surface area contributed by atoms with Gasteiger partial charge in [-0.15, -0.1) is 0 Å². The summed E-state index contributed by atoms with van der Waals surface area (Å²) in [4.78, 5) is 24.0. The van der Waals surface area contributed by atoms with Crippen molar-refractivity contribution >= 4 is 33.2 Å². The highest BCUT2D eigenvalue weighted by Crippen LogP contribution is 2.57. The van der Waals surface area contributed by atoms with E-state index in [4.69, 9.17) is 25.5 Å². The number of hydrogen-bond acceptors (Lipinski definition) is 9. The molecule has 1 amide bonds. The summed E-state index contributed by atoms with van der Waals surface area (Å²) in [6, 6.07) is 16.1. The van der Waals surface area contributed by atoms with Crippen molar-refractivity contribution in [3.05, 3.63) is 100 Å². The second-order valence-corrected chi connectivity index (χ2v) is 13.8. The monoisotopic (exact) mass is 650 g/mol. The van der Waals surface area contributed by atoms with E-state index in [0.717, 1.165) is 16.3 Å². The average molecular weight is 651 g/mol. The molecule has 0 N–H and O–H groups in total. The molecule has 2 unspecified atom stereocenters. The van der Waals surface area contributed by atoms with Gasteiger partial charge in [-0.25, -0.2) is 17.7 Å². The van der Waals surface area contributed by atoms with Crippen molar-refractivity contribution in [2.75, 3.05) is 39.2 Å². The van der Waals surface area contributed by atoms with Gasteiger partial charge in [0, 0.05) is 29.2 Å². The maximum absolute atomic E-state index is 15.4. The standard InChI is InChI=1S/C33H35ClN4O6S/c1-21-19-35-31(44-21)29-7-6-16-37(29)33(27-17-22(20-36(2)3)8-15-30(27)43-5)26-18-23(34)9-14-28(26)38(32(33)39)45(40,41)25-12-10-24(42-4)11-13-25/h8-15,17-19,29H,6-7,16,20H2,1-5H3. The van der Waals surface area contributed by atoms with Crippen molar-refractivity contribution in [2.45, 2.75) is 42.8 Å². The fourth-order valence-electron chi connectivity index (χ4n) is 6.58. The summed E-state index contributed by atoms with van der Waals surface area (Å²) >= 11 is 6.65. The zero-order valence-electron chi connectivity index (χ0n) is 25.8. The highest BCUT2D eigenvalue weighted by Gasteiger charge is 2.62. The van der Waals surface area contributed by atoms with Gasteiger partial charge in [0.05, 0.1) is 37.0 Å².